The number of rotatable bonds is 2. The molecule has 0 radical (unpaired) electrons. The Morgan fingerprint density at radius 3 is 1.95 bits per heavy atom. The van der Waals surface area contributed by atoms with E-state index in [1.807, 2.05) is 32.6 Å². The molecule has 1 saturated heterocycles. The van der Waals surface area contributed by atoms with Crippen LogP contribution in [0.5, 0.6) is 0 Å². The first-order valence-corrected chi connectivity index (χ1v) is 6.75. The number of nitrogens with zero attached hydrogens (tertiary/aromatic N) is 2. The van der Waals surface area contributed by atoms with Crippen LogP contribution in [0, 0.1) is 0 Å². The highest BCUT2D eigenvalue weighted by atomic mass is 16.3. The number of piperidine rings is 1. The van der Waals surface area contributed by atoms with E-state index in [1.165, 1.54) is 0 Å². The molecule has 7 heteroatoms. The summed E-state index contributed by atoms with van der Waals surface area (Å²) in [4.78, 5) is 24.6. The number of aliphatic hydroxyl groups excluding tert-OH is 1. The second-order valence-corrected chi connectivity index (χ2v) is 6.77. The van der Waals surface area contributed by atoms with Crippen LogP contribution in [0.25, 0.3) is 0 Å². The first-order valence-electron chi connectivity index (χ1n) is 6.75. The van der Waals surface area contributed by atoms with Crippen molar-refractivity contribution in [1.82, 2.24) is 9.91 Å². The highest BCUT2D eigenvalue weighted by Crippen LogP contribution is 2.40. The van der Waals surface area contributed by atoms with Crippen molar-refractivity contribution in [2.75, 3.05) is 0 Å². The van der Waals surface area contributed by atoms with Crippen molar-refractivity contribution in [2.24, 2.45) is 11.6 Å². The standard InChI is InChI=1S/C13H26N4O3/c1-8(18)17-12(2,3)6-9(7-13(17,4)5)16(15)11(20)10(14)19/h8-9,18H,6-7,15H2,1-5H3,(H2,14,19). The lowest BCUT2D eigenvalue weighted by Crippen LogP contribution is -2.68. The number of primary amides is 1. The largest absolute Gasteiger partial charge is 0.379 e. The molecule has 0 saturated carbocycles. The van der Waals surface area contributed by atoms with Gasteiger partial charge in [0.25, 0.3) is 0 Å². The van der Waals surface area contributed by atoms with E-state index in [1.54, 1.807) is 6.92 Å². The van der Waals surface area contributed by atoms with E-state index in [0.29, 0.717) is 12.8 Å². The van der Waals surface area contributed by atoms with Crippen LogP contribution in [0.3, 0.4) is 0 Å². The van der Waals surface area contributed by atoms with E-state index < -0.39 is 18.0 Å². The molecule has 0 bridgehead atoms. The predicted molar refractivity (Wildman–Crippen MR) is 74.9 cm³/mol. The number of nitrogens with two attached hydrogens (primary N) is 2. The minimum absolute atomic E-state index is 0.296. The van der Waals surface area contributed by atoms with E-state index in [9.17, 15) is 14.7 Å². The van der Waals surface area contributed by atoms with Crippen LogP contribution < -0.4 is 11.6 Å². The van der Waals surface area contributed by atoms with Crippen molar-refractivity contribution < 1.29 is 14.7 Å². The van der Waals surface area contributed by atoms with Gasteiger partial charge in [0.2, 0.25) is 0 Å². The van der Waals surface area contributed by atoms with E-state index >= 15 is 0 Å². The summed E-state index contributed by atoms with van der Waals surface area (Å²) in [6.45, 7) is 9.65. The Morgan fingerprint density at radius 2 is 1.65 bits per heavy atom. The molecule has 1 aliphatic heterocycles. The molecule has 1 rings (SSSR count). The maximum atomic E-state index is 11.6. The summed E-state index contributed by atoms with van der Waals surface area (Å²) in [6.07, 6.45) is 0.493. The summed E-state index contributed by atoms with van der Waals surface area (Å²) in [5, 5.41) is 10.9. The molecule has 20 heavy (non-hydrogen) atoms. The van der Waals surface area contributed by atoms with Crippen LogP contribution in [0.4, 0.5) is 0 Å². The van der Waals surface area contributed by atoms with Crippen LogP contribution >= 0.6 is 0 Å². The van der Waals surface area contributed by atoms with Gasteiger partial charge in [0.1, 0.15) is 6.23 Å². The van der Waals surface area contributed by atoms with Crippen molar-refractivity contribution in [2.45, 2.75) is 70.8 Å². The summed E-state index contributed by atoms with van der Waals surface area (Å²) >= 11 is 0. The molecular weight excluding hydrogens is 260 g/mol. The van der Waals surface area contributed by atoms with Gasteiger partial charge in [0.05, 0.1) is 6.04 Å². The van der Waals surface area contributed by atoms with Crippen LogP contribution in [0.15, 0.2) is 0 Å². The topological polar surface area (TPSA) is 113 Å². The first-order chi connectivity index (χ1) is 8.90. The number of amides is 2. The van der Waals surface area contributed by atoms with E-state index in [4.69, 9.17) is 11.6 Å². The molecule has 1 atom stereocenters. The predicted octanol–water partition coefficient (Wildman–Crippen LogP) is -0.466. The normalized spacial score (nSPS) is 24.1. The number of carbonyl (C=O) groups is 2. The number of aliphatic hydroxyl groups is 1. The molecule has 0 aromatic heterocycles. The molecular formula is C13H26N4O3. The van der Waals surface area contributed by atoms with E-state index in [0.717, 1.165) is 5.01 Å². The molecule has 1 unspecified atom stereocenters. The third-order valence-electron chi connectivity index (χ3n) is 3.99. The fourth-order valence-corrected chi connectivity index (χ4v) is 3.74. The Labute approximate surface area is 119 Å². The van der Waals surface area contributed by atoms with Crippen LogP contribution in [0.1, 0.15) is 47.5 Å². The number of hydrazine groups is 1. The monoisotopic (exact) mass is 286 g/mol. The Bertz CT molecular complexity index is 388. The van der Waals surface area contributed by atoms with Gasteiger partial charge in [-0.1, -0.05) is 0 Å². The lowest BCUT2D eigenvalue weighted by molar-refractivity contribution is -0.161. The highest BCUT2D eigenvalue weighted by Gasteiger charge is 2.49. The fraction of sp³-hybridized carbons (Fsp3) is 0.846. The van der Waals surface area contributed by atoms with Crippen molar-refractivity contribution >= 4 is 11.8 Å². The van der Waals surface area contributed by atoms with Gasteiger partial charge in [-0.25, -0.2) is 5.84 Å². The van der Waals surface area contributed by atoms with Crippen molar-refractivity contribution in [3.63, 3.8) is 0 Å². The average molecular weight is 286 g/mol. The summed E-state index contributed by atoms with van der Waals surface area (Å²) in [5.41, 5.74) is 4.26. The first kappa shape index (κ1) is 16.9. The summed E-state index contributed by atoms with van der Waals surface area (Å²) in [6, 6.07) is -0.296. The van der Waals surface area contributed by atoms with Gasteiger partial charge in [-0.15, -0.1) is 0 Å². The van der Waals surface area contributed by atoms with E-state index in [2.05, 4.69) is 0 Å². The molecule has 0 aromatic carbocycles. The lowest BCUT2D eigenvalue weighted by atomic mass is 9.76. The Hall–Kier alpha value is -1.18. The number of carbonyl (C=O) groups excluding carboxylic acids is 2. The second-order valence-electron chi connectivity index (χ2n) is 6.77. The Kier molecular flexibility index (Phi) is 4.48. The minimum atomic E-state index is -1.05. The zero-order chi connectivity index (χ0) is 15.9. The van der Waals surface area contributed by atoms with Crippen molar-refractivity contribution in [3.8, 4) is 0 Å². The number of likely N-dealkylation sites (tertiary alicyclic amines) is 1. The third kappa shape index (κ3) is 3.11. The number of hydrogen-bond acceptors (Lipinski definition) is 5. The Balaban J connectivity index is 3.03. The molecule has 1 aliphatic rings. The average Bonchev–Trinajstić information content (AvgIpc) is 2.22. The van der Waals surface area contributed by atoms with Crippen molar-refractivity contribution in [1.29, 1.82) is 0 Å². The fourth-order valence-electron chi connectivity index (χ4n) is 3.74. The molecule has 0 aliphatic carbocycles. The van der Waals surface area contributed by atoms with Gasteiger partial charge >= 0.3 is 11.8 Å². The molecule has 7 nitrogen and oxygen atoms in total. The van der Waals surface area contributed by atoms with Crippen LogP contribution in [-0.2, 0) is 9.59 Å². The van der Waals surface area contributed by atoms with Crippen molar-refractivity contribution in [3.05, 3.63) is 0 Å². The molecule has 0 spiro atoms. The SMILES string of the molecule is CC(O)N1C(C)(C)CC(N(N)C(=O)C(N)=O)CC1(C)C. The smallest absolute Gasteiger partial charge is 0.325 e. The van der Waals surface area contributed by atoms with Gasteiger partial charge in [-0.2, -0.15) is 0 Å². The maximum Gasteiger partial charge on any atom is 0.325 e. The maximum absolute atomic E-state index is 11.6. The van der Waals surface area contributed by atoms with Crippen LogP contribution in [-0.4, -0.2) is 50.2 Å². The van der Waals surface area contributed by atoms with Gasteiger partial charge in [-0.3, -0.25) is 19.5 Å². The van der Waals surface area contributed by atoms with E-state index in [-0.39, 0.29) is 17.1 Å². The highest BCUT2D eigenvalue weighted by molar-refractivity contribution is 6.34. The van der Waals surface area contributed by atoms with Gasteiger partial charge in [0.15, 0.2) is 0 Å². The second kappa shape index (κ2) is 5.31. The summed E-state index contributed by atoms with van der Waals surface area (Å²) < 4.78 is 0. The van der Waals surface area contributed by atoms with Gasteiger partial charge < -0.3 is 10.8 Å². The zero-order valence-corrected chi connectivity index (χ0v) is 12.9. The van der Waals surface area contributed by atoms with Crippen LogP contribution in [0.2, 0.25) is 0 Å². The molecule has 1 heterocycles. The molecule has 1 fully saturated rings. The molecule has 116 valence electrons. The summed E-state index contributed by atoms with van der Waals surface area (Å²) in [7, 11) is 0. The molecule has 5 N–H and O–H groups in total. The van der Waals surface area contributed by atoms with Gasteiger partial charge in [0, 0.05) is 11.1 Å². The van der Waals surface area contributed by atoms with Gasteiger partial charge in [-0.05, 0) is 47.5 Å². The Morgan fingerprint density at radius 1 is 1.25 bits per heavy atom. The summed E-state index contributed by atoms with van der Waals surface area (Å²) in [5.74, 6) is 3.82. The zero-order valence-electron chi connectivity index (χ0n) is 12.9. The molecule has 0 aromatic rings. The quantitative estimate of drug-likeness (QED) is 0.275. The minimum Gasteiger partial charge on any atom is -0.379 e. The molecule has 2 amide bonds. The number of hydrogen-bond donors (Lipinski definition) is 3. The lowest BCUT2D eigenvalue weighted by Gasteiger charge is -2.57. The third-order valence-corrected chi connectivity index (χ3v) is 3.99.